The lowest BCUT2D eigenvalue weighted by molar-refractivity contribution is 0.104. The third kappa shape index (κ3) is 3.25. The number of ketones is 1. The summed E-state index contributed by atoms with van der Waals surface area (Å²) in [5, 5.41) is 9.71. The maximum atomic E-state index is 13.0. The highest BCUT2D eigenvalue weighted by Crippen LogP contribution is 2.16. The van der Waals surface area contributed by atoms with Gasteiger partial charge in [-0.25, -0.2) is 8.78 Å². The molecule has 2 aromatic rings. The zero-order chi connectivity index (χ0) is 13.8. The predicted molar refractivity (Wildman–Crippen MR) is 67.7 cm³/mol. The molecular formula is C15H10F2O2. The SMILES string of the molecule is O=C(/C=C(\O)c1cc(F)cc(F)c1)c1ccccc1. The molecule has 4 heteroatoms. The Balaban J connectivity index is 2.30. The smallest absolute Gasteiger partial charge is 0.189 e. The number of hydrogen-bond donors (Lipinski definition) is 1. The number of halogens is 2. The van der Waals surface area contributed by atoms with Crippen molar-refractivity contribution in [1.29, 1.82) is 0 Å². The normalized spacial score (nSPS) is 11.4. The van der Waals surface area contributed by atoms with Crippen LogP contribution in [0.2, 0.25) is 0 Å². The maximum Gasteiger partial charge on any atom is 0.189 e. The van der Waals surface area contributed by atoms with Gasteiger partial charge in [-0.3, -0.25) is 4.79 Å². The van der Waals surface area contributed by atoms with Crippen molar-refractivity contribution in [1.82, 2.24) is 0 Å². The minimum Gasteiger partial charge on any atom is -0.507 e. The van der Waals surface area contributed by atoms with Gasteiger partial charge in [-0.05, 0) is 12.1 Å². The monoisotopic (exact) mass is 260 g/mol. The average molecular weight is 260 g/mol. The van der Waals surface area contributed by atoms with Gasteiger partial charge in [0.25, 0.3) is 0 Å². The molecule has 2 nitrogen and oxygen atoms in total. The molecule has 19 heavy (non-hydrogen) atoms. The standard InChI is InChI=1S/C15H10F2O2/c16-12-6-11(7-13(17)8-12)15(19)9-14(18)10-4-2-1-3-5-10/h1-9,19H/b15-9-. The number of aliphatic hydroxyl groups is 1. The fraction of sp³-hybridized carbons (Fsp3) is 0. The van der Waals surface area contributed by atoms with Gasteiger partial charge in [0.2, 0.25) is 0 Å². The van der Waals surface area contributed by atoms with Gasteiger partial charge >= 0.3 is 0 Å². The zero-order valence-corrected chi connectivity index (χ0v) is 9.81. The second kappa shape index (κ2) is 5.44. The van der Waals surface area contributed by atoms with Crippen LogP contribution in [0.3, 0.4) is 0 Å². The summed E-state index contributed by atoms with van der Waals surface area (Å²) in [6.07, 6.45) is 0.934. The molecule has 0 spiro atoms. The van der Waals surface area contributed by atoms with Crippen LogP contribution < -0.4 is 0 Å². The Labute approximate surface area is 108 Å². The first kappa shape index (κ1) is 13.0. The quantitative estimate of drug-likeness (QED) is 0.518. The van der Waals surface area contributed by atoms with Crippen molar-refractivity contribution in [3.8, 4) is 0 Å². The van der Waals surface area contributed by atoms with Crippen molar-refractivity contribution in [3.63, 3.8) is 0 Å². The van der Waals surface area contributed by atoms with Gasteiger partial charge in [0.1, 0.15) is 17.4 Å². The summed E-state index contributed by atoms with van der Waals surface area (Å²) >= 11 is 0. The van der Waals surface area contributed by atoms with Crippen LogP contribution in [0.4, 0.5) is 8.78 Å². The van der Waals surface area contributed by atoms with Gasteiger partial charge in [0, 0.05) is 23.3 Å². The molecule has 1 N–H and O–H groups in total. The van der Waals surface area contributed by atoms with Crippen LogP contribution in [0.5, 0.6) is 0 Å². The Kier molecular flexibility index (Phi) is 3.71. The largest absolute Gasteiger partial charge is 0.507 e. The Morgan fingerprint density at radius 2 is 1.53 bits per heavy atom. The molecule has 0 aliphatic heterocycles. The molecule has 0 aliphatic rings. The van der Waals surface area contributed by atoms with Gasteiger partial charge in [-0.2, -0.15) is 0 Å². The molecule has 0 aliphatic carbocycles. The van der Waals surface area contributed by atoms with E-state index in [1.807, 2.05) is 0 Å². The zero-order valence-electron chi connectivity index (χ0n) is 9.81. The fourth-order valence-corrected chi connectivity index (χ4v) is 1.59. The van der Waals surface area contributed by atoms with Crippen LogP contribution in [-0.4, -0.2) is 10.9 Å². The molecule has 0 saturated carbocycles. The summed E-state index contributed by atoms with van der Waals surface area (Å²) < 4.78 is 26.0. The van der Waals surface area contributed by atoms with Crippen molar-refractivity contribution in [2.45, 2.75) is 0 Å². The third-order valence-corrected chi connectivity index (χ3v) is 2.48. The first-order valence-corrected chi connectivity index (χ1v) is 5.53. The number of rotatable bonds is 3. The van der Waals surface area contributed by atoms with Crippen LogP contribution in [0.15, 0.2) is 54.6 Å². The highest BCUT2D eigenvalue weighted by molar-refractivity contribution is 6.07. The molecule has 0 bridgehead atoms. The Hall–Kier alpha value is -2.49. The maximum absolute atomic E-state index is 13.0. The van der Waals surface area contributed by atoms with Gasteiger partial charge in [0.15, 0.2) is 5.78 Å². The Morgan fingerprint density at radius 3 is 2.11 bits per heavy atom. The topological polar surface area (TPSA) is 37.3 Å². The lowest BCUT2D eigenvalue weighted by Gasteiger charge is -2.01. The Bertz CT molecular complexity index is 614. The summed E-state index contributed by atoms with van der Waals surface area (Å²) in [4.78, 5) is 11.8. The number of carbonyl (C=O) groups is 1. The van der Waals surface area contributed by atoms with Crippen LogP contribution in [0, 0.1) is 11.6 Å². The molecular weight excluding hydrogens is 250 g/mol. The van der Waals surface area contributed by atoms with Crippen molar-refractivity contribution in [2.24, 2.45) is 0 Å². The number of allylic oxidation sites excluding steroid dienone is 1. The lowest BCUT2D eigenvalue weighted by Crippen LogP contribution is -1.96. The molecule has 2 aromatic carbocycles. The van der Waals surface area contributed by atoms with E-state index in [9.17, 15) is 18.7 Å². The van der Waals surface area contributed by atoms with E-state index >= 15 is 0 Å². The van der Waals surface area contributed by atoms with E-state index < -0.39 is 23.2 Å². The average Bonchev–Trinajstić information content (AvgIpc) is 2.38. The molecule has 0 amide bonds. The highest BCUT2D eigenvalue weighted by Gasteiger charge is 2.08. The van der Waals surface area contributed by atoms with Crippen LogP contribution in [0.25, 0.3) is 5.76 Å². The molecule has 0 unspecified atom stereocenters. The molecule has 0 aromatic heterocycles. The minimum absolute atomic E-state index is 0.0817. The lowest BCUT2D eigenvalue weighted by atomic mass is 10.1. The summed E-state index contributed by atoms with van der Waals surface area (Å²) in [6.45, 7) is 0. The van der Waals surface area contributed by atoms with Crippen LogP contribution in [-0.2, 0) is 0 Å². The molecule has 0 radical (unpaired) electrons. The summed E-state index contributed by atoms with van der Waals surface area (Å²) in [6, 6.07) is 10.9. The van der Waals surface area contributed by atoms with E-state index in [0.717, 1.165) is 18.2 Å². The summed E-state index contributed by atoms with van der Waals surface area (Å²) in [7, 11) is 0. The second-order valence-corrected chi connectivity index (χ2v) is 3.92. The molecule has 0 saturated heterocycles. The Morgan fingerprint density at radius 1 is 0.947 bits per heavy atom. The van der Waals surface area contributed by atoms with Crippen molar-refractivity contribution < 1.29 is 18.7 Å². The van der Waals surface area contributed by atoms with E-state index in [1.165, 1.54) is 0 Å². The minimum atomic E-state index is -0.817. The number of benzene rings is 2. The fourth-order valence-electron chi connectivity index (χ4n) is 1.59. The van der Waals surface area contributed by atoms with Gasteiger partial charge < -0.3 is 5.11 Å². The summed E-state index contributed by atoms with van der Waals surface area (Å²) in [5.74, 6) is -2.56. The predicted octanol–water partition coefficient (Wildman–Crippen LogP) is 3.75. The summed E-state index contributed by atoms with van der Waals surface area (Å²) in [5.41, 5.74) is 0.299. The van der Waals surface area contributed by atoms with E-state index in [0.29, 0.717) is 11.6 Å². The van der Waals surface area contributed by atoms with Crippen LogP contribution in [0.1, 0.15) is 15.9 Å². The third-order valence-electron chi connectivity index (χ3n) is 2.48. The molecule has 0 heterocycles. The molecule has 2 rings (SSSR count). The molecule has 96 valence electrons. The van der Waals surface area contributed by atoms with E-state index in [2.05, 4.69) is 0 Å². The van der Waals surface area contributed by atoms with E-state index in [-0.39, 0.29) is 5.56 Å². The van der Waals surface area contributed by atoms with Crippen molar-refractivity contribution >= 4 is 11.5 Å². The van der Waals surface area contributed by atoms with E-state index in [1.54, 1.807) is 30.3 Å². The number of aliphatic hydroxyl groups excluding tert-OH is 1. The highest BCUT2D eigenvalue weighted by atomic mass is 19.1. The van der Waals surface area contributed by atoms with E-state index in [4.69, 9.17) is 0 Å². The first-order chi connectivity index (χ1) is 9.06. The molecule has 0 fully saturated rings. The van der Waals surface area contributed by atoms with Gasteiger partial charge in [0.05, 0.1) is 0 Å². The van der Waals surface area contributed by atoms with Gasteiger partial charge in [-0.15, -0.1) is 0 Å². The number of carbonyl (C=O) groups excluding carboxylic acids is 1. The first-order valence-electron chi connectivity index (χ1n) is 5.53. The second-order valence-electron chi connectivity index (χ2n) is 3.92. The van der Waals surface area contributed by atoms with Crippen molar-refractivity contribution in [3.05, 3.63) is 77.4 Å². The van der Waals surface area contributed by atoms with Gasteiger partial charge in [-0.1, -0.05) is 30.3 Å². The molecule has 0 atom stereocenters. The van der Waals surface area contributed by atoms with Crippen molar-refractivity contribution in [2.75, 3.05) is 0 Å². The van der Waals surface area contributed by atoms with Crippen LogP contribution >= 0.6 is 0 Å². The number of hydrogen-bond acceptors (Lipinski definition) is 2.